The number of carbonyl (C=O) groups excluding carboxylic acids is 2. The zero-order valence-corrected chi connectivity index (χ0v) is 13.6. The van der Waals surface area contributed by atoms with Crippen LogP contribution in [-0.4, -0.2) is 28.9 Å². The van der Waals surface area contributed by atoms with E-state index >= 15 is 0 Å². The van der Waals surface area contributed by atoms with Gasteiger partial charge in [0.05, 0.1) is 18.1 Å². The van der Waals surface area contributed by atoms with Crippen LogP contribution in [0.5, 0.6) is 0 Å². The maximum absolute atomic E-state index is 13.7. The van der Waals surface area contributed by atoms with Crippen molar-refractivity contribution in [3.63, 3.8) is 0 Å². The second kappa shape index (κ2) is 7.53. The van der Waals surface area contributed by atoms with Gasteiger partial charge in [-0.1, -0.05) is 18.2 Å². The van der Waals surface area contributed by atoms with Gasteiger partial charge in [0, 0.05) is 5.75 Å². The van der Waals surface area contributed by atoms with Crippen LogP contribution in [0.15, 0.2) is 47.1 Å². The molecule has 7 heteroatoms. The summed E-state index contributed by atoms with van der Waals surface area (Å²) in [7, 11) is 0. The molecule has 0 spiro atoms. The Bertz CT molecular complexity index is 720. The number of hydrogen-bond donors (Lipinski definition) is 2. The quantitative estimate of drug-likeness (QED) is 0.865. The average Bonchev–Trinajstić information content (AvgIpc) is 3.10. The van der Waals surface area contributed by atoms with E-state index < -0.39 is 11.3 Å². The first-order chi connectivity index (χ1) is 11.6. The fourth-order valence-corrected chi connectivity index (χ4v) is 3.64. The molecule has 5 nitrogen and oxygen atoms in total. The van der Waals surface area contributed by atoms with Crippen molar-refractivity contribution in [2.75, 3.05) is 5.75 Å². The van der Waals surface area contributed by atoms with Crippen LogP contribution in [0.25, 0.3) is 0 Å². The van der Waals surface area contributed by atoms with E-state index in [-0.39, 0.29) is 24.2 Å². The van der Waals surface area contributed by atoms with Gasteiger partial charge in [0.1, 0.15) is 17.6 Å². The van der Waals surface area contributed by atoms with Crippen LogP contribution in [0.1, 0.15) is 11.3 Å². The van der Waals surface area contributed by atoms with Crippen molar-refractivity contribution in [3.05, 3.63) is 59.8 Å². The van der Waals surface area contributed by atoms with Gasteiger partial charge in [-0.25, -0.2) is 4.39 Å². The molecule has 0 unspecified atom stereocenters. The van der Waals surface area contributed by atoms with Gasteiger partial charge in [0.15, 0.2) is 0 Å². The van der Waals surface area contributed by atoms with Crippen LogP contribution in [0.2, 0.25) is 0 Å². The lowest BCUT2D eigenvalue weighted by Crippen LogP contribution is -2.54. The Kier molecular flexibility index (Phi) is 5.20. The predicted octanol–water partition coefficient (Wildman–Crippen LogP) is 1.88. The Morgan fingerprint density at radius 1 is 1.33 bits per heavy atom. The molecule has 1 aromatic heterocycles. The lowest BCUT2D eigenvalue weighted by Gasteiger charge is -2.28. The molecule has 2 N–H and O–H groups in total. The highest BCUT2D eigenvalue weighted by Crippen LogP contribution is 2.23. The third kappa shape index (κ3) is 3.97. The molecular weight excluding hydrogens is 331 g/mol. The molecule has 1 fully saturated rings. The first kappa shape index (κ1) is 16.6. The van der Waals surface area contributed by atoms with Crippen molar-refractivity contribution in [3.8, 4) is 0 Å². The Labute approximate surface area is 143 Å². The van der Waals surface area contributed by atoms with Crippen molar-refractivity contribution in [2.24, 2.45) is 0 Å². The molecule has 0 bridgehead atoms. The van der Waals surface area contributed by atoms with E-state index in [1.807, 2.05) is 0 Å². The van der Waals surface area contributed by atoms with E-state index in [1.165, 1.54) is 24.1 Å². The third-order valence-electron chi connectivity index (χ3n) is 3.77. The SMILES string of the molecule is O=C(NCc1ccco1)[C@@H]1CS[C@@H](Cc2ccccc2F)C(=O)N1. The van der Waals surface area contributed by atoms with Gasteiger partial charge in [0.2, 0.25) is 11.8 Å². The van der Waals surface area contributed by atoms with Gasteiger partial charge < -0.3 is 15.1 Å². The molecule has 1 aliphatic rings. The topological polar surface area (TPSA) is 71.3 Å². The third-order valence-corrected chi connectivity index (χ3v) is 5.08. The zero-order valence-electron chi connectivity index (χ0n) is 12.8. The molecule has 1 aliphatic heterocycles. The first-order valence-corrected chi connectivity index (χ1v) is 8.64. The Morgan fingerprint density at radius 3 is 2.88 bits per heavy atom. The highest BCUT2D eigenvalue weighted by Gasteiger charge is 2.32. The summed E-state index contributed by atoms with van der Waals surface area (Å²) in [6, 6.07) is 9.33. The molecule has 24 heavy (non-hydrogen) atoms. The Balaban J connectivity index is 1.52. The van der Waals surface area contributed by atoms with Crippen molar-refractivity contribution in [2.45, 2.75) is 24.3 Å². The Hall–Kier alpha value is -2.28. The maximum atomic E-state index is 13.7. The molecule has 3 rings (SSSR count). The number of halogens is 1. The van der Waals surface area contributed by atoms with Gasteiger partial charge in [-0.2, -0.15) is 0 Å². The summed E-state index contributed by atoms with van der Waals surface area (Å²) < 4.78 is 18.8. The minimum absolute atomic E-state index is 0.243. The predicted molar refractivity (Wildman–Crippen MR) is 88.8 cm³/mol. The summed E-state index contributed by atoms with van der Waals surface area (Å²) >= 11 is 1.37. The van der Waals surface area contributed by atoms with Gasteiger partial charge >= 0.3 is 0 Å². The van der Waals surface area contributed by atoms with Gasteiger partial charge in [-0.05, 0) is 30.2 Å². The van der Waals surface area contributed by atoms with Crippen molar-refractivity contribution in [1.82, 2.24) is 10.6 Å². The number of rotatable bonds is 5. The van der Waals surface area contributed by atoms with Crippen LogP contribution in [0.4, 0.5) is 4.39 Å². The molecular formula is C17H17FN2O3S. The lowest BCUT2D eigenvalue weighted by molar-refractivity contribution is -0.128. The van der Waals surface area contributed by atoms with Gasteiger partial charge in [-0.3, -0.25) is 9.59 Å². The lowest BCUT2D eigenvalue weighted by atomic mass is 10.1. The minimum Gasteiger partial charge on any atom is -0.467 e. The fourth-order valence-electron chi connectivity index (χ4n) is 2.46. The van der Waals surface area contributed by atoms with E-state index in [0.29, 0.717) is 23.5 Å². The number of carbonyl (C=O) groups is 2. The highest BCUT2D eigenvalue weighted by molar-refractivity contribution is 8.00. The summed E-state index contributed by atoms with van der Waals surface area (Å²) in [5.74, 6) is 0.290. The van der Waals surface area contributed by atoms with Crippen LogP contribution in [0, 0.1) is 5.82 Å². The van der Waals surface area contributed by atoms with Crippen LogP contribution in [-0.2, 0) is 22.6 Å². The maximum Gasteiger partial charge on any atom is 0.243 e. The van der Waals surface area contributed by atoms with Crippen molar-refractivity contribution < 1.29 is 18.4 Å². The van der Waals surface area contributed by atoms with Crippen LogP contribution < -0.4 is 10.6 Å². The van der Waals surface area contributed by atoms with E-state index in [0.717, 1.165) is 0 Å². The number of hydrogen-bond acceptors (Lipinski definition) is 4. The fraction of sp³-hybridized carbons (Fsp3) is 0.294. The molecule has 2 amide bonds. The Morgan fingerprint density at radius 2 is 2.17 bits per heavy atom. The van der Waals surface area contributed by atoms with Crippen LogP contribution >= 0.6 is 11.8 Å². The summed E-state index contributed by atoms with van der Waals surface area (Å²) in [5.41, 5.74) is 0.505. The first-order valence-electron chi connectivity index (χ1n) is 7.59. The molecule has 0 aliphatic carbocycles. The average molecular weight is 348 g/mol. The summed E-state index contributed by atoms with van der Waals surface area (Å²) in [6.07, 6.45) is 1.84. The van der Waals surface area contributed by atoms with E-state index in [4.69, 9.17) is 4.42 Å². The van der Waals surface area contributed by atoms with E-state index in [1.54, 1.807) is 30.3 Å². The number of nitrogens with one attached hydrogen (secondary N) is 2. The molecule has 0 radical (unpaired) electrons. The second-order valence-electron chi connectivity index (χ2n) is 5.48. The van der Waals surface area contributed by atoms with E-state index in [9.17, 15) is 14.0 Å². The largest absolute Gasteiger partial charge is 0.467 e. The van der Waals surface area contributed by atoms with Gasteiger partial charge in [-0.15, -0.1) is 11.8 Å². The highest BCUT2D eigenvalue weighted by atomic mass is 32.2. The molecule has 1 saturated heterocycles. The summed E-state index contributed by atoms with van der Waals surface area (Å²) in [4.78, 5) is 24.3. The van der Waals surface area contributed by atoms with Gasteiger partial charge in [0.25, 0.3) is 0 Å². The second-order valence-corrected chi connectivity index (χ2v) is 6.71. The molecule has 1 aromatic carbocycles. The monoisotopic (exact) mass is 348 g/mol. The van der Waals surface area contributed by atoms with E-state index in [2.05, 4.69) is 10.6 Å². The number of amides is 2. The van der Waals surface area contributed by atoms with Crippen molar-refractivity contribution in [1.29, 1.82) is 0 Å². The summed E-state index contributed by atoms with van der Waals surface area (Å²) in [6.45, 7) is 0.279. The molecule has 2 aromatic rings. The number of benzene rings is 1. The standard InChI is InChI=1S/C17H17FN2O3S/c18-13-6-2-1-4-11(13)8-15-17(22)20-14(10-24-15)16(21)19-9-12-5-3-7-23-12/h1-7,14-15H,8-10H2,(H,19,21)(H,20,22)/t14-,15-/m0/s1. The number of furan rings is 1. The smallest absolute Gasteiger partial charge is 0.243 e. The number of thioether (sulfide) groups is 1. The normalized spacial score (nSPS) is 20.5. The van der Waals surface area contributed by atoms with Crippen LogP contribution in [0.3, 0.4) is 0 Å². The molecule has 0 saturated carbocycles. The minimum atomic E-state index is -0.589. The summed E-state index contributed by atoms with van der Waals surface area (Å²) in [5, 5.41) is 5.05. The molecule has 2 atom stereocenters. The molecule has 2 heterocycles. The molecule has 126 valence electrons. The zero-order chi connectivity index (χ0) is 16.9. The van der Waals surface area contributed by atoms with Crippen molar-refractivity contribution >= 4 is 23.6 Å².